The molecule has 0 aromatic rings. The van der Waals surface area contributed by atoms with E-state index in [-0.39, 0.29) is 6.42 Å². The Hall–Kier alpha value is -1.10. The van der Waals surface area contributed by atoms with Gasteiger partial charge in [-0.1, -0.05) is 19.8 Å². The minimum absolute atomic E-state index is 0.319. The van der Waals surface area contributed by atoms with Crippen molar-refractivity contribution in [2.45, 2.75) is 38.6 Å². The van der Waals surface area contributed by atoms with Crippen LogP contribution in [0.5, 0.6) is 0 Å². The van der Waals surface area contributed by atoms with Gasteiger partial charge in [0.05, 0.1) is 13.0 Å². The van der Waals surface area contributed by atoms with E-state index in [4.69, 9.17) is 15.6 Å². The van der Waals surface area contributed by atoms with Gasteiger partial charge in [-0.05, 0) is 6.42 Å². The molecule has 0 fully saturated rings. The van der Waals surface area contributed by atoms with Gasteiger partial charge in [0.25, 0.3) is 0 Å². The SMILES string of the molecule is CCCCCOC(=O)C(N)CC(=O)O. The molecule has 82 valence electrons. The third-order valence-corrected chi connectivity index (χ3v) is 1.69. The molecule has 14 heavy (non-hydrogen) atoms. The average Bonchev–Trinajstić information content (AvgIpc) is 2.11. The van der Waals surface area contributed by atoms with Gasteiger partial charge in [-0.2, -0.15) is 0 Å². The van der Waals surface area contributed by atoms with Gasteiger partial charge in [-0.15, -0.1) is 0 Å². The molecule has 0 aliphatic rings. The lowest BCUT2D eigenvalue weighted by atomic mass is 10.2. The van der Waals surface area contributed by atoms with Crippen LogP contribution in [0.3, 0.4) is 0 Å². The fourth-order valence-corrected chi connectivity index (χ4v) is 0.903. The summed E-state index contributed by atoms with van der Waals surface area (Å²) >= 11 is 0. The number of carboxylic acid groups (broad SMARTS) is 1. The molecule has 1 unspecified atom stereocenters. The summed E-state index contributed by atoms with van der Waals surface area (Å²) in [6.07, 6.45) is 2.44. The van der Waals surface area contributed by atoms with E-state index in [1.165, 1.54) is 0 Å². The van der Waals surface area contributed by atoms with Gasteiger partial charge in [-0.25, -0.2) is 0 Å². The van der Waals surface area contributed by atoms with Gasteiger partial charge in [0.15, 0.2) is 0 Å². The van der Waals surface area contributed by atoms with Crippen LogP contribution in [0, 0.1) is 0 Å². The number of carboxylic acids is 1. The van der Waals surface area contributed by atoms with Crippen molar-refractivity contribution in [1.29, 1.82) is 0 Å². The Balaban J connectivity index is 3.57. The average molecular weight is 203 g/mol. The second kappa shape index (κ2) is 7.32. The summed E-state index contributed by atoms with van der Waals surface area (Å²) < 4.78 is 4.78. The Kier molecular flexibility index (Phi) is 6.74. The van der Waals surface area contributed by atoms with E-state index >= 15 is 0 Å². The number of aliphatic carboxylic acids is 1. The number of esters is 1. The summed E-state index contributed by atoms with van der Waals surface area (Å²) in [6, 6.07) is -1.05. The molecule has 3 N–H and O–H groups in total. The zero-order valence-electron chi connectivity index (χ0n) is 8.36. The third kappa shape index (κ3) is 6.42. The number of nitrogens with two attached hydrogens (primary N) is 1. The highest BCUT2D eigenvalue weighted by Crippen LogP contribution is 1.97. The largest absolute Gasteiger partial charge is 0.481 e. The summed E-state index contributed by atoms with van der Waals surface area (Å²) in [5, 5.41) is 8.35. The Bertz CT molecular complexity index is 193. The maximum atomic E-state index is 11.0. The quantitative estimate of drug-likeness (QED) is 0.465. The van der Waals surface area contributed by atoms with Crippen molar-refractivity contribution >= 4 is 11.9 Å². The van der Waals surface area contributed by atoms with Gasteiger partial charge < -0.3 is 15.6 Å². The molecule has 0 radical (unpaired) electrons. The van der Waals surface area contributed by atoms with Crippen LogP contribution in [0.15, 0.2) is 0 Å². The first-order valence-electron chi connectivity index (χ1n) is 4.72. The van der Waals surface area contributed by atoms with Crippen LogP contribution in [-0.4, -0.2) is 29.7 Å². The van der Waals surface area contributed by atoms with Crippen molar-refractivity contribution < 1.29 is 19.4 Å². The zero-order valence-corrected chi connectivity index (χ0v) is 8.36. The van der Waals surface area contributed by atoms with Crippen LogP contribution < -0.4 is 5.73 Å². The number of carbonyl (C=O) groups excluding carboxylic acids is 1. The molecule has 5 nitrogen and oxygen atoms in total. The molecule has 0 aromatic carbocycles. The van der Waals surface area contributed by atoms with Crippen LogP contribution in [0.1, 0.15) is 32.6 Å². The second-order valence-corrected chi connectivity index (χ2v) is 3.08. The standard InChI is InChI=1S/C9H17NO4/c1-2-3-4-5-14-9(13)7(10)6-8(11)12/h7H,2-6,10H2,1H3,(H,11,12). The summed E-state index contributed by atoms with van der Waals surface area (Å²) in [7, 11) is 0. The van der Waals surface area contributed by atoms with Crippen molar-refractivity contribution in [1.82, 2.24) is 0 Å². The second-order valence-electron chi connectivity index (χ2n) is 3.08. The number of rotatable bonds is 7. The number of carbonyl (C=O) groups is 2. The van der Waals surface area contributed by atoms with Gasteiger partial charge in [0, 0.05) is 0 Å². The van der Waals surface area contributed by atoms with Gasteiger partial charge in [-0.3, -0.25) is 9.59 Å². The number of unbranched alkanes of at least 4 members (excludes halogenated alkanes) is 2. The summed E-state index contributed by atoms with van der Waals surface area (Å²) in [4.78, 5) is 21.2. The van der Waals surface area contributed by atoms with E-state index in [2.05, 4.69) is 0 Å². The van der Waals surface area contributed by atoms with Crippen molar-refractivity contribution in [2.24, 2.45) is 5.73 Å². The highest BCUT2D eigenvalue weighted by Gasteiger charge is 2.17. The maximum absolute atomic E-state index is 11.0. The third-order valence-electron chi connectivity index (χ3n) is 1.69. The molecule has 1 atom stereocenters. The minimum atomic E-state index is -1.09. The summed E-state index contributed by atoms with van der Waals surface area (Å²) in [5.74, 6) is -1.73. The summed E-state index contributed by atoms with van der Waals surface area (Å²) in [6.45, 7) is 2.36. The molecule has 0 rings (SSSR count). The topological polar surface area (TPSA) is 89.6 Å². The van der Waals surface area contributed by atoms with Crippen molar-refractivity contribution in [2.75, 3.05) is 6.61 Å². The Morgan fingerprint density at radius 2 is 2.07 bits per heavy atom. The molecule has 0 aliphatic carbocycles. The Labute approximate surface area is 83.2 Å². The van der Waals surface area contributed by atoms with E-state index < -0.39 is 18.0 Å². The smallest absolute Gasteiger partial charge is 0.323 e. The normalized spacial score (nSPS) is 12.1. The lowest BCUT2D eigenvalue weighted by molar-refractivity contribution is -0.149. The lowest BCUT2D eigenvalue weighted by Gasteiger charge is -2.08. The molecule has 0 aliphatic heterocycles. The molecule has 0 heterocycles. The first kappa shape index (κ1) is 12.9. The van der Waals surface area contributed by atoms with Crippen LogP contribution >= 0.6 is 0 Å². The molecule has 5 heteroatoms. The van der Waals surface area contributed by atoms with Crippen LogP contribution in [-0.2, 0) is 14.3 Å². The molecule has 0 saturated carbocycles. The lowest BCUT2D eigenvalue weighted by Crippen LogP contribution is -2.34. The predicted octanol–water partition coefficient (Wildman–Crippen LogP) is 0.522. The molecule has 0 amide bonds. The first-order valence-corrected chi connectivity index (χ1v) is 4.72. The van der Waals surface area contributed by atoms with Crippen molar-refractivity contribution in [3.63, 3.8) is 0 Å². The summed E-state index contributed by atoms with van der Waals surface area (Å²) in [5.41, 5.74) is 5.28. The van der Waals surface area contributed by atoms with E-state index in [1.54, 1.807) is 0 Å². The highest BCUT2D eigenvalue weighted by molar-refractivity contribution is 5.81. The Morgan fingerprint density at radius 3 is 2.57 bits per heavy atom. The van der Waals surface area contributed by atoms with Gasteiger partial charge in [0.1, 0.15) is 6.04 Å². The van der Waals surface area contributed by atoms with Crippen LogP contribution in [0.2, 0.25) is 0 Å². The van der Waals surface area contributed by atoms with E-state index in [1.807, 2.05) is 6.92 Å². The van der Waals surface area contributed by atoms with E-state index in [0.29, 0.717) is 6.61 Å². The molecular weight excluding hydrogens is 186 g/mol. The molecule has 0 saturated heterocycles. The molecular formula is C9H17NO4. The first-order chi connectivity index (χ1) is 6.57. The van der Waals surface area contributed by atoms with E-state index in [9.17, 15) is 9.59 Å². The number of ether oxygens (including phenoxy) is 1. The minimum Gasteiger partial charge on any atom is -0.481 e. The molecule has 0 bridgehead atoms. The predicted molar refractivity (Wildman–Crippen MR) is 50.7 cm³/mol. The van der Waals surface area contributed by atoms with Gasteiger partial charge >= 0.3 is 11.9 Å². The zero-order chi connectivity index (χ0) is 11.0. The van der Waals surface area contributed by atoms with Gasteiger partial charge in [0.2, 0.25) is 0 Å². The molecule has 0 aromatic heterocycles. The number of hydrogen-bond donors (Lipinski definition) is 2. The fraction of sp³-hybridized carbons (Fsp3) is 0.778. The van der Waals surface area contributed by atoms with Crippen LogP contribution in [0.25, 0.3) is 0 Å². The van der Waals surface area contributed by atoms with Crippen LogP contribution in [0.4, 0.5) is 0 Å². The van der Waals surface area contributed by atoms with Crippen molar-refractivity contribution in [3.05, 3.63) is 0 Å². The molecule has 0 spiro atoms. The maximum Gasteiger partial charge on any atom is 0.323 e. The Morgan fingerprint density at radius 1 is 1.43 bits per heavy atom. The fourth-order valence-electron chi connectivity index (χ4n) is 0.903. The number of hydrogen-bond acceptors (Lipinski definition) is 4. The van der Waals surface area contributed by atoms with E-state index in [0.717, 1.165) is 19.3 Å². The highest BCUT2D eigenvalue weighted by atomic mass is 16.5. The monoisotopic (exact) mass is 203 g/mol. The van der Waals surface area contributed by atoms with Crippen molar-refractivity contribution in [3.8, 4) is 0 Å².